The lowest BCUT2D eigenvalue weighted by atomic mass is 10.0. The predicted molar refractivity (Wildman–Crippen MR) is 125 cm³/mol. The van der Waals surface area contributed by atoms with Crippen LogP contribution in [0.5, 0.6) is 0 Å². The van der Waals surface area contributed by atoms with E-state index in [0.717, 1.165) is 34.0 Å². The van der Waals surface area contributed by atoms with Gasteiger partial charge in [-0.2, -0.15) is 0 Å². The first-order valence-corrected chi connectivity index (χ1v) is 10.7. The van der Waals surface area contributed by atoms with Gasteiger partial charge in [-0.25, -0.2) is 4.79 Å². The van der Waals surface area contributed by atoms with Crippen molar-refractivity contribution >= 4 is 11.7 Å². The van der Waals surface area contributed by atoms with Crippen molar-refractivity contribution in [1.29, 1.82) is 0 Å². The van der Waals surface area contributed by atoms with Gasteiger partial charge in [-0.1, -0.05) is 30.3 Å². The lowest BCUT2D eigenvalue weighted by Crippen LogP contribution is -2.41. The number of furan rings is 1. The molecule has 0 unspecified atom stereocenters. The molecule has 0 aliphatic carbocycles. The summed E-state index contributed by atoms with van der Waals surface area (Å²) in [5.41, 5.74) is 5.45. The van der Waals surface area contributed by atoms with E-state index in [-0.39, 0.29) is 12.1 Å². The summed E-state index contributed by atoms with van der Waals surface area (Å²) >= 11 is 0. The average molecular weight is 427 g/mol. The Morgan fingerprint density at radius 3 is 2.59 bits per heavy atom. The molecule has 6 nitrogen and oxygen atoms in total. The molecular weight excluding hydrogens is 400 g/mol. The zero-order valence-corrected chi connectivity index (χ0v) is 18.2. The summed E-state index contributed by atoms with van der Waals surface area (Å²) < 4.78 is 7.60. The largest absolute Gasteiger partial charge is 0.467 e. The van der Waals surface area contributed by atoms with E-state index in [1.165, 1.54) is 0 Å². The van der Waals surface area contributed by atoms with Crippen molar-refractivity contribution in [3.05, 3.63) is 108 Å². The van der Waals surface area contributed by atoms with E-state index in [1.807, 2.05) is 49.3 Å². The number of rotatable bonds is 4. The normalized spacial score (nSPS) is 14.9. The maximum absolute atomic E-state index is 13.5. The third-order valence-electron chi connectivity index (χ3n) is 5.94. The SMILES string of the molecule is CN(C)c1ccc([C@@H]2c3cccn3-c3ccccc3CN2C(=O)NCc2ccco2)cc1. The Morgan fingerprint density at radius 1 is 1.03 bits per heavy atom. The quantitative estimate of drug-likeness (QED) is 0.502. The Hall–Kier alpha value is -3.93. The zero-order chi connectivity index (χ0) is 22.1. The summed E-state index contributed by atoms with van der Waals surface area (Å²) in [5, 5.41) is 3.04. The smallest absolute Gasteiger partial charge is 0.318 e. The Balaban J connectivity index is 1.57. The molecular formula is C26H26N4O2. The van der Waals surface area contributed by atoms with Crippen LogP contribution >= 0.6 is 0 Å². The molecule has 3 heterocycles. The number of fused-ring (bicyclic) bond motifs is 3. The van der Waals surface area contributed by atoms with E-state index in [2.05, 4.69) is 63.4 Å². The van der Waals surface area contributed by atoms with Crippen LogP contribution in [0.25, 0.3) is 5.69 Å². The highest BCUT2D eigenvalue weighted by Gasteiger charge is 2.32. The molecule has 0 radical (unpaired) electrons. The fraction of sp³-hybridized carbons (Fsp3) is 0.192. The molecule has 1 aliphatic heterocycles. The number of aromatic nitrogens is 1. The first-order valence-electron chi connectivity index (χ1n) is 10.7. The van der Waals surface area contributed by atoms with Crippen LogP contribution in [0.15, 0.2) is 89.7 Å². The average Bonchev–Trinajstić information content (AvgIpc) is 3.48. The maximum atomic E-state index is 13.5. The van der Waals surface area contributed by atoms with Gasteiger partial charge in [-0.15, -0.1) is 0 Å². The monoisotopic (exact) mass is 426 g/mol. The van der Waals surface area contributed by atoms with E-state index in [0.29, 0.717) is 13.1 Å². The lowest BCUT2D eigenvalue weighted by Gasteiger charge is -2.31. The molecule has 0 spiro atoms. The van der Waals surface area contributed by atoms with Crippen molar-refractivity contribution in [2.24, 2.45) is 0 Å². The fourth-order valence-corrected chi connectivity index (χ4v) is 4.32. The number of carbonyl (C=O) groups is 1. The van der Waals surface area contributed by atoms with Gasteiger partial charge in [0.2, 0.25) is 0 Å². The van der Waals surface area contributed by atoms with Crippen molar-refractivity contribution in [2.45, 2.75) is 19.1 Å². The van der Waals surface area contributed by atoms with Crippen molar-refractivity contribution < 1.29 is 9.21 Å². The molecule has 2 amide bonds. The Morgan fingerprint density at radius 2 is 1.84 bits per heavy atom. The van der Waals surface area contributed by atoms with Gasteiger partial charge in [0.15, 0.2) is 0 Å². The van der Waals surface area contributed by atoms with Gasteiger partial charge in [-0.3, -0.25) is 0 Å². The molecule has 0 bridgehead atoms. The summed E-state index contributed by atoms with van der Waals surface area (Å²) in [7, 11) is 4.05. The van der Waals surface area contributed by atoms with Gasteiger partial charge in [0.1, 0.15) is 5.76 Å². The van der Waals surface area contributed by atoms with Crippen LogP contribution in [-0.4, -0.2) is 29.6 Å². The number of amides is 2. The predicted octanol–water partition coefficient (Wildman–Crippen LogP) is 4.95. The van der Waals surface area contributed by atoms with Crippen LogP contribution in [0, 0.1) is 0 Å². The van der Waals surface area contributed by atoms with Crippen molar-refractivity contribution in [3.63, 3.8) is 0 Å². The molecule has 5 rings (SSSR count). The number of hydrogen-bond acceptors (Lipinski definition) is 3. The highest BCUT2D eigenvalue weighted by Crippen LogP contribution is 2.37. The molecule has 1 aliphatic rings. The molecule has 2 aromatic carbocycles. The maximum Gasteiger partial charge on any atom is 0.318 e. The molecule has 2 aromatic heterocycles. The van der Waals surface area contributed by atoms with E-state index >= 15 is 0 Å². The summed E-state index contributed by atoms with van der Waals surface area (Å²) in [6, 6.07) is 24.1. The second kappa shape index (κ2) is 8.30. The van der Waals surface area contributed by atoms with Crippen LogP contribution in [0.1, 0.15) is 28.6 Å². The van der Waals surface area contributed by atoms with Gasteiger partial charge >= 0.3 is 6.03 Å². The minimum Gasteiger partial charge on any atom is -0.467 e. The van der Waals surface area contributed by atoms with E-state index in [9.17, 15) is 4.79 Å². The molecule has 1 atom stereocenters. The Kier molecular flexibility index (Phi) is 5.19. The number of anilines is 1. The number of benzene rings is 2. The van der Waals surface area contributed by atoms with Gasteiger partial charge < -0.3 is 24.1 Å². The number of nitrogens with one attached hydrogen (secondary N) is 1. The standard InChI is InChI=1S/C26H26N4O2/c1-28(2)21-13-11-19(12-14-21)25-24-10-5-15-29(24)23-9-4-3-7-20(23)18-30(25)26(31)27-17-22-8-6-16-32-22/h3-16,25H,17-18H2,1-2H3,(H,27,31)/t25-/m1/s1. The summed E-state index contributed by atoms with van der Waals surface area (Å²) in [6.45, 7) is 0.846. The molecule has 32 heavy (non-hydrogen) atoms. The van der Waals surface area contributed by atoms with Crippen LogP contribution < -0.4 is 10.2 Å². The number of para-hydroxylation sites is 1. The third kappa shape index (κ3) is 3.64. The van der Waals surface area contributed by atoms with E-state index < -0.39 is 0 Å². The van der Waals surface area contributed by atoms with Gasteiger partial charge in [-0.05, 0) is 53.6 Å². The van der Waals surface area contributed by atoms with Crippen LogP contribution in [-0.2, 0) is 13.1 Å². The van der Waals surface area contributed by atoms with Gasteiger partial charge in [0, 0.05) is 31.7 Å². The van der Waals surface area contributed by atoms with Gasteiger partial charge in [0.25, 0.3) is 0 Å². The Bertz CT molecular complexity index is 1210. The summed E-state index contributed by atoms with van der Waals surface area (Å²) in [5.74, 6) is 0.726. The third-order valence-corrected chi connectivity index (χ3v) is 5.94. The van der Waals surface area contributed by atoms with E-state index in [4.69, 9.17) is 4.42 Å². The Labute approximate surface area is 187 Å². The minimum atomic E-state index is -0.231. The van der Waals surface area contributed by atoms with Crippen LogP contribution in [0.3, 0.4) is 0 Å². The number of urea groups is 1. The molecule has 0 saturated heterocycles. The first-order chi connectivity index (χ1) is 15.6. The molecule has 1 N–H and O–H groups in total. The molecule has 6 heteroatoms. The second-order valence-corrected chi connectivity index (χ2v) is 8.19. The molecule has 0 saturated carbocycles. The number of hydrogen-bond donors (Lipinski definition) is 1. The molecule has 4 aromatic rings. The minimum absolute atomic E-state index is 0.132. The fourth-order valence-electron chi connectivity index (χ4n) is 4.32. The summed E-state index contributed by atoms with van der Waals surface area (Å²) in [4.78, 5) is 17.5. The molecule has 0 fully saturated rings. The van der Waals surface area contributed by atoms with Crippen molar-refractivity contribution in [1.82, 2.24) is 14.8 Å². The highest BCUT2D eigenvalue weighted by molar-refractivity contribution is 5.76. The van der Waals surface area contributed by atoms with Crippen LogP contribution in [0.4, 0.5) is 10.5 Å². The zero-order valence-electron chi connectivity index (χ0n) is 18.2. The van der Waals surface area contributed by atoms with Crippen molar-refractivity contribution in [3.8, 4) is 5.69 Å². The van der Waals surface area contributed by atoms with Crippen LogP contribution in [0.2, 0.25) is 0 Å². The van der Waals surface area contributed by atoms with Gasteiger partial charge in [0.05, 0.1) is 31.1 Å². The number of nitrogens with zero attached hydrogens (tertiary/aromatic N) is 3. The first kappa shape index (κ1) is 20.0. The van der Waals surface area contributed by atoms with Crippen molar-refractivity contribution in [2.75, 3.05) is 19.0 Å². The summed E-state index contributed by atoms with van der Waals surface area (Å²) in [6.07, 6.45) is 3.69. The highest BCUT2D eigenvalue weighted by atomic mass is 16.3. The number of carbonyl (C=O) groups excluding carboxylic acids is 1. The molecule has 162 valence electrons. The second-order valence-electron chi connectivity index (χ2n) is 8.19. The lowest BCUT2D eigenvalue weighted by molar-refractivity contribution is 0.179. The van der Waals surface area contributed by atoms with E-state index in [1.54, 1.807) is 6.26 Å². The topological polar surface area (TPSA) is 53.6 Å².